The van der Waals surface area contributed by atoms with Gasteiger partial charge in [-0.3, -0.25) is 9.88 Å². The third kappa shape index (κ3) is 5.07. The molecule has 0 unspecified atom stereocenters. The number of nitrogens with one attached hydrogen (secondary N) is 1. The Morgan fingerprint density at radius 2 is 2.02 bits per heavy atom. The van der Waals surface area contributed by atoms with Gasteiger partial charge in [-0.1, -0.05) is 36.4 Å². The van der Waals surface area contributed by atoms with Gasteiger partial charge in [0.2, 0.25) is 0 Å². The zero-order valence-corrected chi connectivity index (χ0v) is 25.7. The monoisotopic (exact) mass is 630 g/mol. The Morgan fingerprint density at radius 3 is 2.91 bits per heavy atom. The van der Waals surface area contributed by atoms with Crippen molar-refractivity contribution in [3.63, 3.8) is 0 Å². The van der Waals surface area contributed by atoms with Crippen molar-refractivity contribution in [3.8, 4) is 17.3 Å². The van der Waals surface area contributed by atoms with Gasteiger partial charge in [0.25, 0.3) is 0 Å². The molecular formula is C34H36F2N6O4. The van der Waals surface area contributed by atoms with Gasteiger partial charge in [0, 0.05) is 44.2 Å². The van der Waals surface area contributed by atoms with Gasteiger partial charge in [-0.05, 0) is 42.6 Å². The van der Waals surface area contributed by atoms with E-state index < -0.39 is 29.2 Å². The molecule has 0 aliphatic carbocycles. The average molecular weight is 631 g/mol. The highest BCUT2D eigenvalue weighted by Crippen LogP contribution is 2.41. The van der Waals surface area contributed by atoms with Crippen LogP contribution < -0.4 is 15.0 Å². The average Bonchev–Trinajstić information content (AvgIpc) is 3.49. The number of benzene rings is 2. The minimum Gasteiger partial charge on any atom is -0.461 e. The molecule has 3 atom stereocenters. The second-order valence-electron chi connectivity index (χ2n) is 13.2. The van der Waals surface area contributed by atoms with Gasteiger partial charge in [0.05, 0.1) is 36.3 Å². The number of amides is 1. The molecular weight excluding hydrogens is 594 g/mol. The summed E-state index contributed by atoms with van der Waals surface area (Å²) in [5.74, 6) is -0.157. The molecule has 0 spiro atoms. The number of nitrogens with zero attached hydrogens (tertiary/aromatic N) is 5. The highest BCUT2D eigenvalue weighted by Gasteiger charge is 2.49. The van der Waals surface area contributed by atoms with Crippen molar-refractivity contribution in [2.45, 2.75) is 49.9 Å². The maximum atomic E-state index is 16.9. The first-order valence-electron chi connectivity index (χ1n) is 16.0. The van der Waals surface area contributed by atoms with E-state index in [0.29, 0.717) is 55.9 Å². The van der Waals surface area contributed by atoms with Gasteiger partial charge in [-0.15, -0.1) is 0 Å². The lowest BCUT2D eigenvalue weighted by Gasteiger charge is -2.34. The molecule has 3 saturated heterocycles. The molecule has 240 valence electrons. The molecule has 2 aromatic carbocycles. The molecule has 9 rings (SSSR count). The summed E-state index contributed by atoms with van der Waals surface area (Å²) in [5, 5.41) is 5.16. The lowest BCUT2D eigenvalue weighted by Crippen LogP contribution is -2.55. The number of ether oxygens (including phenoxy) is 3. The van der Waals surface area contributed by atoms with Crippen molar-refractivity contribution in [1.29, 1.82) is 0 Å². The second kappa shape index (κ2) is 11.3. The zero-order valence-electron chi connectivity index (χ0n) is 25.7. The van der Waals surface area contributed by atoms with Crippen LogP contribution in [0.4, 0.5) is 19.4 Å². The van der Waals surface area contributed by atoms with E-state index in [1.165, 1.54) is 0 Å². The fourth-order valence-electron chi connectivity index (χ4n) is 7.80. The number of halogens is 2. The molecule has 5 aliphatic rings. The van der Waals surface area contributed by atoms with Crippen LogP contribution in [0.25, 0.3) is 32.9 Å². The van der Waals surface area contributed by atoms with E-state index in [0.717, 1.165) is 35.7 Å². The Hall–Kier alpha value is -4.16. The standard InChI is InChI=1S/C34H36F2N6O4/c1-33-18-41(12-14-44-19-33)30-25-16-37-28(24-8-3-7-21-5-2-6-22(26(21)24)9-13-45-32(43)40-33)27(36)29(25)38-31(39-30)46-20-34-10-4-11-42(34)17-23(35)15-34/h2-3,5-8,16,23H,4,9-15,17-20H2,1H3,(H,40,43)/t23-,33+,34+/m1/s1. The fourth-order valence-corrected chi connectivity index (χ4v) is 7.80. The predicted octanol–water partition coefficient (Wildman–Crippen LogP) is 4.82. The molecule has 3 fully saturated rings. The molecule has 46 heavy (non-hydrogen) atoms. The van der Waals surface area contributed by atoms with Crippen molar-refractivity contribution in [2.24, 2.45) is 0 Å². The third-order valence-corrected chi connectivity index (χ3v) is 9.89. The van der Waals surface area contributed by atoms with Gasteiger partial charge >= 0.3 is 12.1 Å². The van der Waals surface area contributed by atoms with Gasteiger partial charge in [0.15, 0.2) is 5.82 Å². The molecule has 0 saturated carbocycles. The van der Waals surface area contributed by atoms with Crippen molar-refractivity contribution < 1.29 is 27.8 Å². The van der Waals surface area contributed by atoms with Crippen molar-refractivity contribution in [2.75, 3.05) is 57.5 Å². The summed E-state index contributed by atoms with van der Waals surface area (Å²) in [7, 11) is 0. The molecule has 7 heterocycles. The van der Waals surface area contributed by atoms with E-state index in [2.05, 4.69) is 20.2 Å². The second-order valence-corrected chi connectivity index (χ2v) is 13.2. The number of anilines is 1. The summed E-state index contributed by atoms with van der Waals surface area (Å²) in [4.78, 5) is 31.3. The van der Waals surface area contributed by atoms with Crippen LogP contribution in [0.3, 0.4) is 0 Å². The number of carbonyl (C=O) groups excluding carboxylic acids is 1. The number of aromatic nitrogens is 3. The molecule has 12 heteroatoms. The largest absolute Gasteiger partial charge is 0.461 e. The number of rotatable bonds is 3. The summed E-state index contributed by atoms with van der Waals surface area (Å²) in [6.07, 6.45) is 2.78. The Balaban J connectivity index is 1.30. The molecule has 6 bridgehead atoms. The minimum atomic E-state index is -0.908. The number of alkyl carbamates (subject to hydrolysis) is 1. The normalized spacial score (nSPS) is 26.7. The van der Waals surface area contributed by atoms with E-state index in [9.17, 15) is 9.18 Å². The fraction of sp³-hybridized carbons (Fsp3) is 0.471. The third-order valence-electron chi connectivity index (χ3n) is 9.89. The Kier molecular flexibility index (Phi) is 7.17. The van der Waals surface area contributed by atoms with Crippen LogP contribution >= 0.6 is 0 Å². The minimum absolute atomic E-state index is 0.0149. The number of hydrogen-bond acceptors (Lipinski definition) is 9. The van der Waals surface area contributed by atoms with Gasteiger partial charge in [-0.2, -0.15) is 9.97 Å². The lowest BCUT2D eigenvalue weighted by molar-refractivity contribution is 0.0877. The summed E-state index contributed by atoms with van der Waals surface area (Å²) in [5.41, 5.74) is 0.494. The number of hydrogen-bond donors (Lipinski definition) is 1. The van der Waals surface area contributed by atoms with Crippen molar-refractivity contribution in [3.05, 3.63) is 54.0 Å². The lowest BCUT2D eigenvalue weighted by atomic mass is 9.95. The van der Waals surface area contributed by atoms with Crippen molar-refractivity contribution >= 4 is 33.6 Å². The maximum absolute atomic E-state index is 16.9. The molecule has 1 amide bonds. The summed E-state index contributed by atoms with van der Waals surface area (Å²) >= 11 is 0. The molecule has 1 N–H and O–H groups in total. The van der Waals surface area contributed by atoms with Gasteiger partial charge in [-0.25, -0.2) is 13.6 Å². The van der Waals surface area contributed by atoms with Crippen LogP contribution in [0.1, 0.15) is 31.7 Å². The first-order chi connectivity index (χ1) is 22.3. The van der Waals surface area contributed by atoms with Gasteiger partial charge < -0.3 is 24.4 Å². The Bertz CT molecular complexity index is 1840. The molecule has 2 aromatic heterocycles. The number of pyridine rings is 1. The maximum Gasteiger partial charge on any atom is 0.407 e. The van der Waals surface area contributed by atoms with Crippen LogP contribution in [0.15, 0.2) is 42.6 Å². The number of carbonyl (C=O) groups is 1. The van der Waals surface area contributed by atoms with E-state index in [4.69, 9.17) is 19.2 Å². The highest BCUT2D eigenvalue weighted by molar-refractivity contribution is 6.00. The smallest absolute Gasteiger partial charge is 0.407 e. The number of fused-ring (bicyclic) bond motifs is 6. The van der Waals surface area contributed by atoms with Crippen LogP contribution in [-0.2, 0) is 15.9 Å². The van der Waals surface area contributed by atoms with E-state index in [-0.39, 0.29) is 37.0 Å². The summed E-state index contributed by atoms with van der Waals surface area (Å²) in [6.45, 7) is 4.78. The molecule has 0 radical (unpaired) electrons. The van der Waals surface area contributed by atoms with E-state index >= 15 is 4.39 Å². The van der Waals surface area contributed by atoms with Crippen LogP contribution in [-0.4, -0.2) is 95.8 Å². The van der Waals surface area contributed by atoms with Gasteiger partial charge in [0.1, 0.15) is 29.8 Å². The zero-order chi connectivity index (χ0) is 31.5. The SMILES string of the molecule is C[C@@]12COCCN(C1)c1nc(OC[C@@]34CCCN3C[C@H](F)C4)nc3c(F)c(ncc13)-c1cccc3cccc(c13)CCOC(=O)N2. The van der Waals surface area contributed by atoms with Crippen LogP contribution in [0.2, 0.25) is 0 Å². The van der Waals surface area contributed by atoms with E-state index in [1.807, 2.05) is 48.2 Å². The molecule has 10 nitrogen and oxygen atoms in total. The summed E-state index contributed by atoms with van der Waals surface area (Å²) < 4.78 is 49.3. The highest BCUT2D eigenvalue weighted by atomic mass is 19.1. The molecule has 5 aliphatic heterocycles. The first-order valence-corrected chi connectivity index (χ1v) is 16.0. The Morgan fingerprint density at radius 1 is 1.15 bits per heavy atom. The molecule has 4 aromatic rings. The van der Waals surface area contributed by atoms with Crippen LogP contribution in [0.5, 0.6) is 6.01 Å². The Labute approximate surface area is 265 Å². The number of alkyl halides is 1. The van der Waals surface area contributed by atoms with Crippen LogP contribution in [0, 0.1) is 5.82 Å². The first kappa shape index (κ1) is 29.3. The van der Waals surface area contributed by atoms with E-state index in [1.54, 1.807) is 6.20 Å². The predicted molar refractivity (Wildman–Crippen MR) is 168 cm³/mol. The quantitative estimate of drug-likeness (QED) is 0.342. The summed E-state index contributed by atoms with van der Waals surface area (Å²) in [6, 6.07) is 11.6. The van der Waals surface area contributed by atoms with Crippen molar-refractivity contribution in [1.82, 2.24) is 25.2 Å². The topological polar surface area (TPSA) is 102 Å².